The van der Waals surface area contributed by atoms with Gasteiger partial charge >= 0.3 is 0 Å². The van der Waals surface area contributed by atoms with Gasteiger partial charge in [0, 0.05) is 44.0 Å². The van der Waals surface area contributed by atoms with Gasteiger partial charge in [-0.05, 0) is 25.0 Å². The fourth-order valence-electron chi connectivity index (χ4n) is 3.91. The van der Waals surface area contributed by atoms with Crippen LogP contribution in [0.25, 0.3) is 0 Å². The first-order valence-corrected chi connectivity index (χ1v) is 8.76. The predicted octanol–water partition coefficient (Wildman–Crippen LogP) is 2.87. The molecule has 24 heavy (non-hydrogen) atoms. The van der Waals surface area contributed by atoms with Gasteiger partial charge in [0.2, 0.25) is 5.88 Å². The fraction of sp³-hybridized carbons (Fsp3) is 0.556. The molecule has 0 amide bonds. The van der Waals surface area contributed by atoms with E-state index in [0.717, 1.165) is 19.6 Å². The van der Waals surface area contributed by atoms with Crippen LogP contribution >= 0.6 is 0 Å². The van der Waals surface area contributed by atoms with Crippen LogP contribution in [0.2, 0.25) is 0 Å². The monoisotopic (exact) mass is 330 g/mol. The molecule has 5 nitrogen and oxygen atoms in total. The molecule has 0 bridgehead atoms. The molecule has 1 saturated carbocycles. The van der Waals surface area contributed by atoms with Crippen molar-refractivity contribution in [2.75, 3.05) is 13.2 Å². The predicted molar refractivity (Wildman–Crippen MR) is 88.1 cm³/mol. The minimum absolute atomic E-state index is 0.0972. The summed E-state index contributed by atoms with van der Waals surface area (Å²) in [5, 5.41) is 0. The maximum absolute atomic E-state index is 13.7. The zero-order chi connectivity index (χ0) is 16.4. The molecule has 0 aromatic carbocycles. The van der Waals surface area contributed by atoms with Crippen molar-refractivity contribution in [3.05, 3.63) is 42.4 Å². The molecule has 0 unspecified atom stereocenters. The highest BCUT2D eigenvalue weighted by Crippen LogP contribution is 2.28. The van der Waals surface area contributed by atoms with Crippen LogP contribution in [0.5, 0.6) is 5.88 Å². The molecule has 2 aromatic heterocycles. The Balaban J connectivity index is 1.48. The second-order valence-electron chi connectivity index (χ2n) is 6.87. The molecule has 2 aliphatic rings. The van der Waals surface area contributed by atoms with Gasteiger partial charge in [-0.15, -0.1) is 0 Å². The zero-order valence-corrected chi connectivity index (χ0v) is 13.8. The van der Waals surface area contributed by atoms with Gasteiger partial charge in [-0.1, -0.05) is 12.8 Å². The molecule has 2 aromatic rings. The van der Waals surface area contributed by atoms with Gasteiger partial charge in [0.05, 0.1) is 18.6 Å². The first kappa shape index (κ1) is 15.6. The van der Waals surface area contributed by atoms with Gasteiger partial charge in [0.15, 0.2) is 5.82 Å². The SMILES string of the molecule is Fc1cccnc1OC[C@@H]1CN(C2CCCC2)Cc2cncn2C1. The van der Waals surface area contributed by atoms with Crippen molar-refractivity contribution >= 4 is 0 Å². The molecule has 1 fully saturated rings. The van der Waals surface area contributed by atoms with E-state index in [1.807, 2.05) is 12.5 Å². The molecule has 1 aliphatic carbocycles. The summed E-state index contributed by atoms with van der Waals surface area (Å²) in [7, 11) is 0. The van der Waals surface area contributed by atoms with Crippen LogP contribution in [0.3, 0.4) is 0 Å². The van der Waals surface area contributed by atoms with Crippen molar-refractivity contribution in [2.45, 2.75) is 44.8 Å². The Labute approximate surface area is 141 Å². The molecule has 0 N–H and O–H groups in total. The molecule has 128 valence electrons. The molecule has 0 spiro atoms. The van der Waals surface area contributed by atoms with E-state index in [1.54, 1.807) is 12.3 Å². The third kappa shape index (κ3) is 3.29. The van der Waals surface area contributed by atoms with Gasteiger partial charge in [0.25, 0.3) is 0 Å². The number of halogens is 1. The standard InChI is InChI=1S/C18H23FN4O/c19-17-6-3-7-21-18(17)24-12-14-9-22(15-4-1-2-5-15)11-16-8-20-13-23(16)10-14/h3,6-8,13-15H,1-2,4-5,9-12H2/t14-/m1/s1. The number of aromatic nitrogens is 3. The summed E-state index contributed by atoms with van der Waals surface area (Å²) in [6.45, 7) is 3.24. The van der Waals surface area contributed by atoms with E-state index in [1.165, 1.54) is 37.4 Å². The van der Waals surface area contributed by atoms with Crippen molar-refractivity contribution in [3.63, 3.8) is 0 Å². The topological polar surface area (TPSA) is 43.2 Å². The summed E-state index contributed by atoms with van der Waals surface area (Å²) >= 11 is 0. The molecular formula is C18H23FN4O. The Morgan fingerprint density at radius 1 is 1.25 bits per heavy atom. The third-order valence-corrected chi connectivity index (χ3v) is 5.13. The summed E-state index contributed by atoms with van der Waals surface area (Å²) in [4.78, 5) is 10.8. The van der Waals surface area contributed by atoms with Gasteiger partial charge < -0.3 is 9.30 Å². The normalized spacial score (nSPS) is 22.3. The fourth-order valence-corrected chi connectivity index (χ4v) is 3.91. The number of hydrogen-bond donors (Lipinski definition) is 0. The van der Waals surface area contributed by atoms with Crippen LogP contribution in [0.4, 0.5) is 4.39 Å². The van der Waals surface area contributed by atoms with Crippen LogP contribution < -0.4 is 4.74 Å². The lowest BCUT2D eigenvalue weighted by Gasteiger charge is -2.29. The highest BCUT2D eigenvalue weighted by Gasteiger charge is 2.29. The van der Waals surface area contributed by atoms with Crippen LogP contribution in [0.15, 0.2) is 30.9 Å². The van der Waals surface area contributed by atoms with Crippen molar-refractivity contribution in [1.29, 1.82) is 0 Å². The van der Waals surface area contributed by atoms with Gasteiger partial charge in [-0.25, -0.2) is 14.4 Å². The highest BCUT2D eigenvalue weighted by atomic mass is 19.1. The molecule has 0 saturated heterocycles. The van der Waals surface area contributed by atoms with Crippen molar-refractivity contribution in [2.24, 2.45) is 5.92 Å². The van der Waals surface area contributed by atoms with Gasteiger partial charge in [-0.2, -0.15) is 0 Å². The van der Waals surface area contributed by atoms with E-state index in [0.29, 0.717) is 18.6 Å². The molecule has 4 rings (SSSR count). The second kappa shape index (κ2) is 6.89. The van der Waals surface area contributed by atoms with Crippen molar-refractivity contribution in [1.82, 2.24) is 19.4 Å². The van der Waals surface area contributed by atoms with E-state index in [-0.39, 0.29) is 5.88 Å². The van der Waals surface area contributed by atoms with E-state index in [2.05, 4.69) is 19.4 Å². The Morgan fingerprint density at radius 3 is 2.96 bits per heavy atom. The van der Waals surface area contributed by atoms with Crippen molar-refractivity contribution < 1.29 is 9.13 Å². The van der Waals surface area contributed by atoms with Crippen molar-refractivity contribution in [3.8, 4) is 5.88 Å². The lowest BCUT2D eigenvalue weighted by Crippen LogP contribution is -2.37. The molecule has 0 radical (unpaired) electrons. The van der Waals surface area contributed by atoms with E-state index >= 15 is 0 Å². The zero-order valence-electron chi connectivity index (χ0n) is 13.8. The van der Waals surface area contributed by atoms with Crippen LogP contribution in [0, 0.1) is 11.7 Å². The Kier molecular flexibility index (Phi) is 4.47. The summed E-state index contributed by atoms with van der Waals surface area (Å²) in [6.07, 6.45) is 10.6. The van der Waals surface area contributed by atoms with Crippen LogP contribution in [-0.2, 0) is 13.1 Å². The number of fused-ring (bicyclic) bond motifs is 1. The molecule has 3 heterocycles. The Bertz CT molecular complexity index is 683. The third-order valence-electron chi connectivity index (χ3n) is 5.13. The van der Waals surface area contributed by atoms with Crippen LogP contribution in [0.1, 0.15) is 31.4 Å². The maximum Gasteiger partial charge on any atom is 0.250 e. The minimum atomic E-state index is -0.401. The number of ether oxygens (including phenoxy) is 1. The second-order valence-corrected chi connectivity index (χ2v) is 6.87. The van der Waals surface area contributed by atoms with Gasteiger partial charge in [0.1, 0.15) is 0 Å². The molecule has 6 heteroatoms. The summed E-state index contributed by atoms with van der Waals surface area (Å²) in [6, 6.07) is 3.61. The van der Waals surface area contributed by atoms with E-state index < -0.39 is 5.82 Å². The van der Waals surface area contributed by atoms with Crippen LogP contribution in [-0.4, -0.2) is 38.6 Å². The first-order chi connectivity index (χ1) is 11.8. The molecular weight excluding hydrogens is 307 g/mol. The number of hydrogen-bond acceptors (Lipinski definition) is 4. The first-order valence-electron chi connectivity index (χ1n) is 8.76. The quantitative estimate of drug-likeness (QED) is 0.864. The summed E-state index contributed by atoms with van der Waals surface area (Å²) < 4.78 is 21.6. The number of pyridine rings is 1. The number of rotatable bonds is 4. The Morgan fingerprint density at radius 2 is 2.12 bits per heavy atom. The minimum Gasteiger partial charge on any atom is -0.475 e. The van der Waals surface area contributed by atoms with E-state index in [9.17, 15) is 4.39 Å². The molecule has 1 aliphatic heterocycles. The summed E-state index contributed by atoms with van der Waals surface area (Å²) in [5.74, 6) is -0.00966. The summed E-state index contributed by atoms with van der Waals surface area (Å²) in [5.41, 5.74) is 1.26. The van der Waals surface area contributed by atoms with E-state index in [4.69, 9.17) is 4.74 Å². The number of nitrogens with zero attached hydrogens (tertiary/aromatic N) is 4. The largest absolute Gasteiger partial charge is 0.475 e. The number of imidazole rings is 1. The average molecular weight is 330 g/mol. The molecule has 1 atom stereocenters. The lowest BCUT2D eigenvalue weighted by atomic mass is 10.1. The lowest BCUT2D eigenvalue weighted by molar-refractivity contribution is 0.132. The highest BCUT2D eigenvalue weighted by molar-refractivity contribution is 5.12. The smallest absolute Gasteiger partial charge is 0.250 e. The van der Waals surface area contributed by atoms with Gasteiger partial charge in [-0.3, -0.25) is 4.90 Å². The average Bonchev–Trinajstić information content (AvgIpc) is 3.23. The maximum atomic E-state index is 13.7. The Hall–Kier alpha value is -1.95.